The van der Waals surface area contributed by atoms with Gasteiger partial charge in [0.1, 0.15) is 11.5 Å². The van der Waals surface area contributed by atoms with E-state index < -0.39 is 0 Å². The summed E-state index contributed by atoms with van der Waals surface area (Å²) in [6, 6.07) is 19.9. The molecular weight excluding hydrogens is 452 g/mol. The summed E-state index contributed by atoms with van der Waals surface area (Å²) in [7, 11) is 8.28. The lowest BCUT2D eigenvalue weighted by Gasteiger charge is -2.10. The molecule has 35 heavy (non-hydrogen) atoms. The fraction of sp³-hybridized carbons (Fsp3) is 0.333. The number of hydrogen-bond acceptors (Lipinski definition) is 5. The monoisotopic (exact) mass is 486 g/mol. The zero-order chi connectivity index (χ0) is 24.9. The second-order valence-corrected chi connectivity index (χ2v) is 9.81. The third-order valence-electron chi connectivity index (χ3n) is 5.01. The highest BCUT2D eigenvalue weighted by Crippen LogP contribution is 2.16. The van der Waals surface area contributed by atoms with Crippen LogP contribution in [0.4, 0.5) is 0 Å². The number of thiophene rings is 1. The lowest BCUT2D eigenvalue weighted by molar-refractivity contribution is 0.281. The largest absolute Gasteiger partial charge is 0.494 e. The van der Waals surface area contributed by atoms with Crippen LogP contribution in [0.2, 0.25) is 0 Å². The van der Waals surface area contributed by atoms with Gasteiger partial charge in [-0.15, -0.1) is 11.3 Å². The molecule has 0 aliphatic heterocycles. The molecule has 0 bridgehead atoms. The first-order valence-corrected chi connectivity index (χ1v) is 12.7. The highest BCUT2D eigenvalue weighted by Gasteiger charge is 1.98. The number of rotatable bonds is 10. The van der Waals surface area contributed by atoms with E-state index in [-0.39, 0.29) is 0 Å². The molecule has 0 atom stereocenters. The third kappa shape index (κ3) is 10.3. The molecule has 182 valence electrons. The van der Waals surface area contributed by atoms with E-state index in [9.17, 15) is 0 Å². The van der Waals surface area contributed by atoms with Crippen LogP contribution in [0.25, 0.3) is 0 Å². The van der Waals surface area contributed by atoms with Crippen LogP contribution in [-0.4, -0.2) is 64.3 Å². The van der Waals surface area contributed by atoms with Gasteiger partial charge in [0.25, 0.3) is 0 Å². The van der Waals surface area contributed by atoms with Crippen molar-refractivity contribution >= 4 is 11.3 Å². The van der Waals surface area contributed by atoms with Crippen LogP contribution in [0.3, 0.4) is 0 Å². The predicted molar refractivity (Wildman–Crippen MR) is 146 cm³/mol. The highest BCUT2D eigenvalue weighted by molar-refractivity contribution is 7.13. The molecule has 0 fully saturated rings. The Morgan fingerprint density at radius 2 is 0.971 bits per heavy atom. The van der Waals surface area contributed by atoms with E-state index in [2.05, 4.69) is 61.7 Å². The molecule has 0 aliphatic rings. The quantitative estimate of drug-likeness (QED) is 0.290. The second-order valence-electron chi connectivity index (χ2n) is 8.72. The maximum absolute atomic E-state index is 5.78. The maximum atomic E-state index is 5.78. The van der Waals surface area contributed by atoms with Crippen molar-refractivity contribution in [2.45, 2.75) is 12.8 Å². The third-order valence-corrected chi connectivity index (χ3v) is 5.93. The summed E-state index contributed by atoms with van der Waals surface area (Å²) in [6.45, 7) is 3.49. The molecule has 0 spiro atoms. The number of ether oxygens (including phenoxy) is 2. The van der Waals surface area contributed by atoms with Crippen LogP contribution in [0, 0.1) is 23.7 Å². The first kappa shape index (κ1) is 26.4. The smallest absolute Gasteiger partial charge is 0.119 e. The van der Waals surface area contributed by atoms with Gasteiger partial charge in [-0.05, 0) is 102 Å². The molecule has 1 aromatic heterocycles. The SMILES string of the molecule is CN(C)CCCOc1ccc(C#Cc2ccc(C#Cc3ccc(OCCCN(C)C)cc3)s2)cc1. The molecule has 2 aromatic carbocycles. The minimum absolute atomic E-state index is 0.719. The minimum Gasteiger partial charge on any atom is -0.494 e. The predicted octanol–water partition coefficient (Wildman–Crippen LogP) is 5.21. The fourth-order valence-corrected chi connectivity index (χ4v) is 3.86. The Hall–Kier alpha value is -3.22. The van der Waals surface area contributed by atoms with Crippen LogP contribution in [0.1, 0.15) is 33.7 Å². The molecule has 1 heterocycles. The van der Waals surface area contributed by atoms with Crippen LogP contribution >= 0.6 is 11.3 Å². The topological polar surface area (TPSA) is 24.9 Å². The van der Waals surface area contributed by atoms with Gasteiger partial charge in [0, 0.05) is 24.2 Å². The second kappa shape index (κ2) is 14.2. The first-order chi connectivity index (χ1) is 17.0. The van der Waals surface area contributed by atoms with E-state index >= 15 is 0 Å². The van der Waals surface area contributed by atoms with Gasteiger partial charge in [0.05, 0.1) is 23.0 Å². The normalized spacial score (nSPS) is 10.5. The van der Waals surface area contributed by atoms with Crippen LogP contribution < -0.4 is 9.47 Å². The summed E-state index contributed by atoms with van der Waals surface area (Å²) in [5.41, 5.74) is 1.94. The van der Waals surface area contributed by atoms with Crippen molar-refractivity contribution in [3.05, 3.63) is 81.5 Å². The van der Waals surface area contributed by atoms with Gasteiger partial charge in [-0.3, -0.25) is 0 Å². The van der Waals surface area contributed by atoms with E-state index in [0.29, 0.717) is 0 Å². The number of nitrogens with zero attached hydrogens (tertiary/aromatic N) is 2. The van der Waals surface area contributed by atoms with Crippen molar-refractivity contribution in [3.63, 3.8) is 0 Å². The van der Waals surface area contributed by atoms with Crippen molar-refractivity contribution in [3.8, 4) is 35.2 Å². The number of benzene rings is 2. The molecule has 0 amide bonds. The Bertz CT molecular complexity index is 1070. The van der Waals surface area contributed by atoms with Crippen molar-refractivity contribution in [1.29, 1.82) is 0 Å². The Labute approximate surface area is 214 Å². The van der Waals surface area contributed by atoms with Crippen molar-refractivity contribution in [2.24, 2.45) is 0 Å². The van der Waals surface area contributed by atoms with Gasteiger partial charge in [0.2, 0.25) is 0 Å². The van der Waals surface area contributed by atoms with Gasteiger partial charge in [0.15, 0.2) is 0 Å². The van der Waals surface area contributed by atoms with Crippen molar-refractivity contribution in [2.75, 3.05) is 54.5 Å². The van der Waals surface area contributed by atoms with Crippen LogP contribution in [0.5, 0.6) is 11.5 Å². The molecule has 3 aromatic rings. The minimum atomic E-state index is 0.719. The standard InChI is InChI=1S/C30H34N2O2S/c1-31(2)21-5-23-33-27-13-7-25(8-14-27)11-17-29-19-20-30(35-29)18-12-26-9-15-28(16-10-26)34-24-6-22-32(3)4/h7-10,13-16,19-20H,5-6,21-24H2,1-4H3. The summed E-state index contributed by atoms with van der Waals surface area (Å²) < 4.78 is 11.6. The molecule has 5 heteroatoms. The van der Waals surface area contributed by atoms with E-state index in [0.717, 1.165) is 71.5 Å². The lowest BCUT2D eigenvalue weighted by Crippen LogP contribution is -2.15. The zero-order valence-electron chi connectivity index (χ0n) is 21.1. The Balaban J connectivity index is 1.48. The average Bonchev–Trinajstić information content (AvgIpc) is 3.31. The van der Waals surface area contributed by atoms with E-state index in [1.807, 2.05) is 60.7 Å². The molecule has 0 radical (unpaired) electrons. The highest BCUT2D eigenvalue weighted by atomic mass is 32.1. The Kier molecular flexibility index (Phi) is 10.7. The number of hydrogen-bond donors (Lipinski definition) is 0. The van der Waals surface area contributed by atoms with Crippen molar-refractivity contribution in [1.82, 2.24) is 9.80 Å². The Morgan fingerprint density at radius 1 is 0.571 bits per heavy atom. The summed E-state index contributed by atoms with van der Waals surface area (Å²) in [5.74, 6) is 14.7. The molecule has 0 saturated heterocycles. The summed E-state index contributed by atoms with van der Waals surface area (Å²) in [5, 5.41) is 0. The van der Waals surface area contributed by atoms with Crippen LogP contribution in [0.15, 0.2) is 60.7 Å². The molecule has 3 rings (SSSR count). The first-order valence-electron chi connectivity index (χ1n) is 11.9. The van der Waals surface area contributed by atoms with E-state index in [1.54, 1.807) is 11.3 Å². The summed E-state index contributed by atoms with van der Waals surface area (Å²) in [4.78, 5) is 6.32. The molecular formula is C30H34N2O2S. The fourth-order valence-electron chi connectivity index (χ4n) is 3.15. The van der Waals surface area contributed by atoms with Crippen molar-refractivity contribution < 1.29 is 9.47 Å². The molecule has 0 unspecified atom stereocenters. The van der Waals surface area contributed by atoms with Gasteiger partial charge in [-0.1, -0.05) is 23.7 Å². The summed E-state index contributed by atoms with van der Waals surface area (Å²) >= 11 is 1.60. The zero-order valence-corrected chi connectivity index (χ0v) is 22.0. The van der Waals surface area contributed by atoms with Gasteiger partial charge in [-0.2, -0.15) is 0 Å². The summed E-state index contributed by atoms with van der Waals surface area (Å²) in [6.07, 6.45) is 2.02. The maximum Gasteiger partial charge on any atom is 0.119 e. The van der Waals surface area contributed by atoms with Gasteiger partial charge in [-0.25, -0.2) is 0 Å². The van der Waals surface area contributed by atoms with Gasteiger partial charge < -0.3 is 19.3 Å². The van der Waals surface area contributed by atoms with E-state index in [1.165, 1.54) is 0 Å². The molecule has 0 N–H and O–H groups in total. The lowest BCUT2D eigenvalue weighted by atomic mass is 10.2. The Morgan fingerprint density at radius 3 is 1.34 bits per heavy atom. The average molecular weight is 487 g/mol. The van der Waals surface area contributed by atoms with Crippen LogP contribution in [-0.2, 0) is 0 Å². The molecule has 4 nitrogen and oxygen atoms in total. The van der Waals surface area contributed by atoms with E-state index in [4.69, 9.17) is 9.47 Å². The molecule has 0 saturated carbocycles. The molecule has 0 aliphatic carbocycles. The van der Waals surface area contributed by atoms with Gasteiger partial charge >= 0.3 is 0 Å².